The second-order valence-corrected chi connectivity index (χ2v) is 7.17. The monoisotopic (exact) mass is 324 g/mol. The van der Waals surface area contributed by atoms with E-state index in [1.807, 2.05) is 0 Å². The van der Waals surface area contributed by atoms with Gasteiger partial charge in [-0.2, -0.15) is 0 Å². The third-order valence-corrected chi connectivity index (χ3v) is 6.50. The summed E-state index contributed by atoms with van der Waals surface area (Å²) < 4.78 is 0. The Hall–Kier alpha value is -1.41. The number of Topliss-reactive ketones (excluding diaryl/α,β-unsaturated/α-hetero) is 1. The maximum absolute atomic E-state index is 13.0. The number of fused-ring (bicyclic) bond motifs is 10. The number of carbonyl (C=O) groups excluding carboxylic acids is 1. The van der Waals surface area contributed by atoms with Crippen LogP contribution < -0.4 is 0 Å². The molecule has 1 fully saturated rings. The topological polar surface area (TPSA) is 17.1 Å². The Bertz CT molecular complexity index is 751. The number of benzene rings is 2. The molecule has 5 atom stereocenters. The summed E-state index contributed by atoms with van der Waals surface area (Å²) in [5, 5.41) is 0. The predicted molar refractivity (Wildman–Crippen MR) is 81.6 cm³/mol. The number of hydrogen-bond acceptors (Lipinski definition) is 1. The van der Waals surface area contributed by atoms with Gasteiger partial charge in [0, 0.05) is 16.7 Å². The van der Waals surface area contributed by atoms with E-state index in [4.69, 9.17) is 0 Å². The van der Waals surface area contributed by atoms with Crippen molar-refractivity contribution in [3.8, 4) is 0 Å². The van der Waals surface area contributed by atoms with E-state index in [9.17, 15) is 4.79 Å². The van der Waals surface area contributed by atoms with Gasteiger partial charge in [0.05, 0.1) is 11.8 Å². The molecule has 2 aromatic rings. The Kier molecular flexibility index (Phi) is 2.04. The Morgan fingerprint density at radius 1 is 0.700 bits per heavy atom. The van der Waals surface area contributed by atoms with Crippen molar-refractivity contribution in [3.05, 3.63) is 70.8 Å². The van der Waals surface area contributed by atoms with E-state index < -0.39 is 0 Å². The molecule has 0 aliphatic heterocycles. The molecule has 1 saturated carbocycles. The number of halogens is 1. The highest BCUT2D eigenvalue weighted by Gasteiger charge is 2.60. The summed E-state index contributed by atoms with van der Waals surface area (Å²) in [4.78, 5) is 13.2. The van der Waals surface area contributed by atoms with Gasteiger partial charge in [-0.1, -0.05) is 64.5 Å². The maximum Gasteiger partial charge on any atom is 0.149 e. The van der Waals surface area contributed by atoms with Crippen LogP contribution in [0.2, 0.25) is 0 Å². The van der Waals surface area contributed by atoms with E-state index in [0.717, 1.165) is 0 Å². The molecule has 20 heavy (non-hydrogen) atoms. The van der Waals surface area contributed by atoms with Crippen LogP contribution in [0.25, 0.3) is 0 Å². The van der Waals surface area contributed by atoms with Crippen molar-refractivity contribution in [2.75, 3.05) is 0 Å². The van der Waals surface area contributed by atoms with Crippen LogP contribution in [0.1, 0.15) is 45.9 Å². The molecule has 2 aromatic carbocycles. The highest BCUT2D eigenvalue weighted by atomic mass is 79.9. The minimum absolute atomic E-state index is 0.0470. The molecule has 2 bridgehead atoms. The van der Waals surface area contributed by atoms with E-state index in [0.29, 0.717) is 17.6 Å². The van der Waals surface area contributed by atoms with Gasteiger partial charge < -0.3 is 0 Å². The Balaban J connectivity index is 1.78. The summed E-state index contributed by atoms with van der Waals surface area (Å²) in [6, 6.07) is 17.0. The zero-order valence-corrected chi connectivity index (χ0v) is 12.4. The lowest BCUT2D eigenvalue weighted by Crippen LogP contribution is -2.44. The number of carbonyl (C=O) groups is 1. The minimum atomic E-state index is 0.0470. The Morgan fingerprint density at radius 3 is 1.85 bits per heavy atom. The van der Waals surface area contributed by atoms with E-state index in [1.165, 1.54) is 22.3 Å². The average molecular weight is 325 g/mol. The summed E-state index contributed by atoms with van der Waals surface area (Å²) in [6.07, 6.45) is 0. The lowest BCUT2D eigenvalue weighted by molar-refractivity contribution is -0.124. The standard InChI is InChI=1S/C18H13BrO/c19-17-14-10-6-2-4-8-12(10)16(17)18(20)15-11-7-3-1-5-9(11)13(14)15/h1-8,13-17H/t13-,14+,15-,16+,17?/m1/s1. The van der Waals surface area contributed by atoms with Gasteiger partial charge >= 0.3 is 0 Å². The van der Waals surface area contributed by atoms with Gasteiger partial charge in [0.1, 0.15) is 5.78 Å². The summed E-state index contributed by atoms with van der Waals surface area (Å²) in [6.45, 7) is 0. The molecule has 3 aliphatic carbocycles. The molecular formula is C18H13BrO. The van der Waals surface area contributed by atoms with Crippen molar-refractivity contribution in [2.45, 2.75) is 28.5 Å². The van der Waals surface area contributed by atoms with Gasteiger partial charge in [-0.3, -0.25) is 4.79 Å². The summed E-state index contributed by atoms with van der Waals surface area (Å²) >= 11 is 3.84. The van der Waals surface area contributed by atoms with Gasteiger partial charge in [0.2, 0.25) is 0 Å². The maximum atomic E-state index is 13.0. The van der Waals surface area contributed by atoms with E-state index in [-0.39, 0.29) is 16.7 Å². The second-order valence-electron chi connectivity index (χ2n) is 6.11. The first kappa shape index (κ1) is 11.3. The van der Waals surface area contributed by atoms with Crippen molar-refractivity contribution in [1.82, 2.24) is 0 Å². The van der Waals surface area contributed by atoms with Crippen LogP contribution in [0.4, 0.5) is 0 Å². The molecule has 0 amide bonds. The van der Waals surface area contributed by atoms with E-state index in [1.54, 1.807) is 0 Å². The van der Waals surface area contributed by atoms with Crippen LogP contribution in [0.3, 0.4) is 0 Å². The molecule has 0 aromatic heterocycles. The Labute approximate surface area is 126 Å². The van der Waals surface area contributed by atoms with Gasteiger partial charge in [0.15, 0.2) is 0 Å². The molecule has 0 radical (unpaired) electrons. The third kappa shape index (κ3) is 1.10. The zero-order chi connectivity index (χ0) is 13.4. The van der Waals surface area contributed by atoms with Crippen LogP contribution >= 0.6 is 15.9 Å². The van der Waals surface area contributed by atoms with Crippen molar-refractivity contribution < 1.29 is 4.79 Å². The molecule has 0 spiro atoms. The van der Waals surface area contributed by atoms with Gasteiger partial charge in [-0.25, -0.2) is 0 Å². The lowest BCUT2D eigenvalue weighted by atomic mass is 9.56. The minimum Gasteiger partial charge on any atom is -0.298 e. The summed E-state index contributed by atoms with van der Waals surface area (Å²) in [5.41, 5.74) is 5.29. The van der Waals surface area contributed by atoms with Crippen LogP contribution in [-0.4, -0.2) is 10.6 Å². The van der Waals surface area contributed by atoms with E-state index >= 15 is 0 Å². The average Bonchev–Trinajstić information content (AvgIpc) is 2.68. The first-order valence-corrected chi connectivity index (χ1v) is 8.06. The van der Waals surface area contributed by atoms with E-state index in [2.05, 4.69) is 64.5 Å². The zero-order valence-electron chi connectivity index (χ0n) is 10.8. The van der Waals surface area contributed by atoms with Crippen molar-refractivity contribution in [3.63, 3.8) is 0 Å². The quantitative estimate of drug-likeness (QED) is 0.667. The van der Waals surface area contributed by atoms with Crippen molar-refractivity contribution >= 4 is 21.7 Å². The van der Waals surface area contributed by atoms with Crippen molar-refractivity contribution in [1.29, 1.82) is 0 Å². The van der Waals surface area contributed by atoms with Gasteiger partial charge in [-0.05, 0) is 22.3 Å². The first-order chi connectivity index (χ1) is 9.79. The van der Waals surface area contributed by atoms with Gasteiger partial charge in [0.25, 0.3) is 0 Å². The van der Waals surface area contributed by atoms with Gasteiger partial charge in [-0.15, -0.1) is 0 Å². The normalized spacial score (nSPS) is 35.9. The SMILES string of the molecule is O=C1[C@@H]2c3ccccc3[C@@H]2[C@@H]2c3ccccc3[C@H]1C2Br. The lowest BCUT2D eigenvalue weighted by Gasteiger charge is -2.47. The van der Waals surface area contributed by atoms with Crippen LogP contribution in [0.15, 0.2) is 48.5 Å². The highest BCUT2D eigenvalue weighted by molar-refractivity contribution is 9.09. The molecule has 1 nitrogen and oxygen atoms in total. The number of hydrogen-bond donors (Lipinski definition) is 0. The molecule has 0 N–H and O–H groups in total. The van der Waals surface area contributed by atoms with Crippen LogP contribution in [-0.2, 0) is 4.79 Å². The fourth-order valence-electron chi connectivity index (χ4n) is 4.65. The molecule has 3 aliphatic rings. The van der Waals surface area contributed by atoms with Crippen LogP contribution in [0.5, 0.6) is 0 Å². The summed E-state index contributed by atoms with van der Waals surface area (Å²) in [7, 11) is 0. The molecule has 1 unspecified atom stereocenters. The molecule has 98 valence electrons. The predicted octanol–water partition coefficient (Wildman–Crippen LogP) is 4.09. The van der Waals surface area contributed by atoms with Crippen LogP contribution in [0, 0.1) is 0 Å². The largest absolute Gasteiger partial charge is 0.298 e. The highest BCUT2D eigenvalue weighted by Crippen LogP contribution is 2.66. The fraction of sp³-hybridized carbons (Fsp3) is 0.278. The second kappa shape index (κ2) is 3.62. The molecule has 5 rings (SSSR count). The number of ketones is 1. The molecule has 0 heterocycles. The first-order valence-electron chi connectivity index (χ1n) is 7.14. The molecule has 2 heteroatoms. The molecule has 0 saturated heterocycles. The number of alkyl halides is 1. The molecular weight excluding hydrogens is 312 g/mol. The Morgan fingerprint density at radius 2 is 1.20 bits per heavy atom. The number of rotatable bonds is 0. The smallest absolute Gasteiger partial charge is 0.149 e. The third-order valence-electron chi connectivity index (χ3n) is 5.40. The van der Waals surface area contributed by atoms with Crippen molar-refractivity contribution in [2.24, 2.45) is 0 Å². The fourth-order valence-corrected chi connectivity index (χ4v) is 5.81. The summed E-state index contributed by atoms with van der Waals surface area (Å²) in [5.74, 6) is 1.42.